The highest BCUT2D eigenvalue weighted by Crippen LogP contribution is 2.37. The molecule has 0 atom stereocenters. The van der Waals surface area contributed by atoms with Crippen LogP contribution in [0.5, 0.6) is 5.75 Å². The van der Waals surface area contributed by atoms with Gasteiger partial charge < -0.3 is 14.2 Å². The van der Waals surface area contributed by atoms with E-state index in [0.717, 1.165) is 16.9 Å². The van der Waals surface area contributed by atoms with Crippen molar-refractivity contribution in [1.29, 1.82) is 0 Å². The molecule has 0 bridgehead atoms. The molecule has 36 heavy (non-hydrogen) atoms. The van der Waals surface area contributed by atoms with Crippen LogP contribution in [0.2, 0.25) is 23.2 Å². The predicted octanol–water partition coefficient (Wildman–Crippen LogP) is 5.95. The number of rotatable bonds is 8. The molecule has 0 saturated heterocycles. The number of oxazole rings is 1. The highest BCUT2D eigenvalue weighted by Gasteiger charge is 2.38. The molecule has 0 aliphatic rings. The van der Waals surface area contributed by atoms with Gasteiger partial charge in [0.05, 0.1) is 19.3 Å². The van der Waals surface area contributed by atoms with Gasteiger partial charge in [0.15, 0.2) is 5.69 Å². The van der Waals surface area contributed by atoms with E-state index in [2.05, 4.69) is 54.5 Å². The molecule has 2 aromatic carbocycles. The van der Waals surface area contributed by atoms with Crippen molar-refractivity contribution in [3.8, 4) is 17.2 Å². The maximum Gasteiger partial charge on any atom is 0.273 e. The molecule has 0 spiro atoms. The Labute approximate surface area is 216 Å². The Balaban J connectivity index is 1.34. The second kappa shape index (κ2) is 10.3. The lowest BCUT2D eigenvalue weighted by atomic mass is 10.2. The number of amides is 1. The zero-order valence-corrected chi connectivity index (χ0v) is 22.8. The molecule has 0 radical (unpaired) electrons. The van der Waals surface area contributed by atoms with Crippen molar-refractivity contribution in [2.75, 3.05) is 0 Å². The average molecular weight is 524 g/mol. The summed E-state index contributed by atoms with van der Waals surface area (Å²) in [5.41, 5.74) is 2.62. The lowest BCUT2D eigenvalue weighted by Gasteiger charge is -2.36. The fourth-order valence-electron chi connectivity index (χ4n) is 3.20. The van der Waals surface area contributed by atoms with Gasteiger partial charge in [-0.1, -0.05) is 49.7 Å². The van der Waals surface area contributed by atoms with E-state index in [1.54, 1.807) is 28.9 Å². The monoisotopic (exact) mass is 523 g/mol. The molecular formula is C26H30ClN5O3Si. The highest BCUT2D eigenvalue weighted by atomic mass is 35.5. The first-order valence-corrected chi connectivity index (χ1v) is 15.0. The van der Waals surface area contributed by atoms with Crippen molar-refractivity contribution in [2.24, 2.45) is 0 Å². The Morgan fingerprint density at radius 1 is 1.17 bits per heavy atom. The maximum atomic E-state index is 12.5. The molecule has 10 heteroatoms. The summed E-state index contributed by atoms with van der Waals surface area (Å²) in [4.78, 5) is 16.8. The van der Waals surface area contributed by atoms with Gasteiger partial charge in [-0.05, 0) is 60.1 Å². The molecule has 0 unspecified atom stereocenters. The van der Waals surface area contributed by atoms with E-state index >= 15 is 0 Å². The summed E-state index contributed by atoms with van der Waals surface area (Å²) in [7, 11) is -1.92. The molecular weight excluding hydrogens is 494 g/mol. The molecule has 8 nitrogen and oxygen atoms in total. The molecule has 0 saturated carbocycles. The van der Waals surface area contributed by atoms with Gasteiger partial charge in [-0.3, -0.25) is 4.79 Å². The quantitative estimate of drug-likeness (QED) is 0.287. The number of carbonyl (C=O) groups is 1. The molecule has 4 rings (SSSR count). The topological polar surface area (TPSA) is 95.1 Å². The van der Waals surface area contributed by atoms with Crippen molar-refractivity contribution >= 4 is 25.8 Å². The molecule has 0 aliphatic heterocycles. The van der Waals surface area contributed by atoms with E-state index in [9.17, 15) is 4.79 Å². The number of nitrogens with one attached hydrogen (secondary N) is 1. The minimum Gasteiger partial charge on any atom is -0.543 e. The van der Waals surface area contributed by atoms with Crippen molar-refractivity contribution < 1.29 is 13.6 Å². The van der Waals surface area contributed by atoms with Gasteiger partial charge in [-0.15, -0.1) is 5.10 Å². The van der Waals surface area contributed by atoms with Crippen LogP contribution in [0.25, 0.3) is 11.5 Å². The van der Waals surface area contributed by atoms with Crippen molar-refractivity contribution in [1.82, 2.24) is 25.3 Å². The van der Waals surface area contributed by atoms with Crippen LogP contribution in [-0.4, -0.2) is 34.2 Å². The lowest BCUT2D eigenvalue weighted by Crippen LogP contribution is -2.43. The summed E-state index contributed by atoms with van der Waals surface area (Å²) in [6.45, 7) is 11.9. The molecule has 1 N–H and O–H groups in total. The molecule has 2 aromatic heterocycles. The first-order valence-electron chi connectivity index (χ1n) is 11.7. The summed E-state index contributed by atoms with van der Waals surface area (Å²) < 4.78 is 13.6. The van der Waals surface area contributed by atoms with E-state index in [1.807, 2.05) is 30.5 Å². The summed E-state index contributed by atoms with van der Waals surface area (Å²) in [5, 5.41) is 11.9. The number of hydrogen-bond donors (Lipinski definition) is 1. The zero-order valence-electron chi connectivity index (χ0n) is 21.1. The SMILES string of the molecule is CC(C)(C)[Si](C)(C)Oc1cccc(Cn2cc(CNC(=O)c3coc(-c4ccc(Cl)cc4)n3)nn2)c1. The van der Waals surface area contributed by atoms with Gasteiger partial charge in [0, 0.05) is 10.6 Å². The normalized spacial score (nSPS) is 11.9. The van der Waals surface area contributed by atoms with Crippen LogP contribution < -0.4 is 9.74 Å². The maximum absolute atomic E-state index is 12.5. The van der Waals surface area contributed by atoms with Crippen molar-refractivity contribution in [3.05, 3.63) is 83.0 Å². The number of halogens is 1. The number of nitrogens with zero attached hydrogens (tertiary/aromatic N) is 4. The Hall–Kier alpha value is -3.43. The fraction of sp³-hybridized carbons (Fsp3) is 0.308. The summed E-state index contributed by atoms with van der Waals surface area (Å²) in [5.74, 6) is 0.865. The van der Waals surface area contributed by atoms with Crippen molar-refractivity contribution in [2.45, 2.75) is 52.0 Å². The largest absolute Gasteiger partial charge is 0.543 e. The van der Waals surface area contributed by atoms with E-state index in [1.165, 1.54) is 6.26 Å². The Morgan fingerprint density at radius 2 is 1.92 bits per heavy atom. The van der Waals surface area contributed by atoms with Crippen LogP contribution in [0.3, 0.4) is 0 Å². The van der Waals surface area contributed by atoms with Gasteiger partial charge in [0.1, 0.15) is 17.7 Å². The van der Waals surface area contributed by atoms with Gasteiger partial charge >= 0.3 is 0 Å². The number of aromatic nitrogens is 4. The van der Waals surface area contributed by atoms with E-state index < -0.39 is 8.32 Å². The van der Waals surface area contributed by atoms with Crippen LogP contribution >= 0.6 is 11.6 Å². The third kappa shape index (κ3) is 6.22. The first-order chi connectivity index (χ1) is 17.0. The molecule has 2 heterocycles. The third-order valence-electron chi connectivity index (χ3n) is 6.27. The lowest BCUT2D eigenvalue weighted by molar-refractivity contribution is 0.0945. The molecule has 0 aliphatic carbocycles. The predicted molar refractivity (Wildman–Crippen MR) is 142 cm³/mol. The van der Waals surface area contributed by atoms with Crippen LogP contribution in [0.4, 0.5) is 0 Å². The van der Waals surface area contributed by atoms with Gasteiger partial charge in [-0.25, -0.2) is 9.67 Å². The van der Waals surface area contributed by atoms with Gasteiger partial charge in [0.25, 0.3) is 5.91 Å². The molecule has 4 aromatic rings. The average Bonchev–Trinajstić information content (AvgIpc) is 3.47. The van der Waals surface area contributed by atoms with E-state index in [4.69, 9.17) is 20.4 Å². The third-order valence-corrected chi connectivity index (χ3v) is 10.9. The van der Waals surface area contributed by atoms with Gasteiger partial charge in [0.2, 0.25) is 14.2 Å². The van der Waals surface area contributed by atoms with Crippen LogP contribution in [0.1, 0.15) is 42.5 Å². The molecule has 188 valence electrons. The number of benzene rings is 2. The van der Waals surface area contributed by atoms with Crippen LogP contribution in [0.15, 0.2) is 65.4 Å². The van der Waals surface area contributed by atoms with Crippen LogP contribution in [-0.2, 0) is 13.1 Å². The fourth-order valence-corrected chi connectivity index (χ4v) is 4.35. The van der Waals surface area contributed by atoms with Crippen LogP contribution in [0, 0.1) is 0 Å². The Kier molecular flexibility index (Phi) is 7.32. The van der Waals surface area contributed by atoms with E-state index in [-0.39, 0.29) is 23.2 Å². The summed E-state index contributed by atoms with van der Waals surface area (Å²) in [6.07, 6.45) is 3.14. The molecule has 0 fully saturated rings. The summed E-state index contributed by atoms with van der Waals surface area (Å²) in [6, 6.07) is 15.1. The highest BCUT2D eigenvalue weighted by molar-refractivity contribution is 6.74. The minimum absolute atomic E-state index is 0.123. The number of hydrogen-bond acceptors (Lipinski definition) is 6. The zero-order chi connectivity index (χ0) is 25.9. The molecule has 1 amide bonds. The Bertz CT molecular complexity index is 1340. The minimum atomic E-state index is -1.92. The number of carbonyl (C=O) groups excluding carboxylic acids is 1. The Morgan fingerprint density at radius 3 is 2.64 bits per heavy atom. The smallest absolute Gasteiger partial charge is 0.273 e. The first kappa shape index (κ1) is 25.7. The van der Waals surface area contributed by atoms with E-state index in [0.29, 0.717) is 23.2 Å². The summed E-state index contributed by atoms with van der Waals surface area (Å²) >= 11 is 5.91. The van der Waals surface area contributed by atoms with Gasteiger partial charge in [-0.2, -0.15) is 0 Å². The van der Waals surface area contributed by atoms with Crippen molar-refractivity contribution in [3.63, 3.8) is 0 Å². The standard InChI is InChI=1S/C26H30ClN5O3Si/c1-26(2,3)36(4,5)35-22-8-6-7-18(13-22)15-32-16-21(30-31-32)14-28-24(33)23-17-34-25(29-23)19-9-11-20(27)12-10-19/h6-13,16-17H,14-15H2,1-5H3,(H,28,33). The second-order valence-electron chi connectivity index (χ2n) is 10.1. The second-order valence-corrected chi connectivity index (χ2v) is 15.3.